The molecule has 1 aliphatic carbocycles. The summed E-state index contributed by atoms with van der Waals surface area (Å²) in [5.41, 5.74) is 5.88. The van der Waals surface area contributed by atoms with E-state index < -0.39 is 0 Å². The zero-order chi connectivity index (χ0) is 13.7. The van der Waals surface area contributed by atoms with Crippen LogP contribution in [0.2, 0.25) is 0 Å². The van der Waals surface area contributed by atoms with E-state index in [1.54, 1.807) is 0 Å². The Hall–Kier alpha value is -0.570. The van der Waals surface area contributed by atoms with E-state index in [4.69, 9.17) is 5.73 Å². The molecule has 1 saturated carbocycles. The lowest BCUT2D eigenvalue weighted by molar-refractivity contribution is -0.142. The molecule has 1 amide bonds. The molecule has 110 valence electrons. The summed E-state index contributed by atoms with van der Waals surface area (Å²) in [6, 6.07) is 0.506. The minimum absolute atomic E-state index is 0.219. The number of nitrogens with zero attached hydrogens (tertiary/aromatic N) is 1. The summed E-state index contributed by atoms with van der Waals surface area (Å²) in [6.07, 6.45) is 10.7. The van der Waals surface area contributed by atoms with E-state index in [-0.39, 0.29) is 5.92 Å². The lowest BCUT2D eigenvalue weighted by Crippen LogP contribution is -2.49. The van der Waals surface area contributed by atoms with Crippen molar-refractivity contribution in [2.24, 2.45) is 17.6 Å². The summed E-state index contributed by atoms with van der Waals surface area (Å²) in [4.78, 5) is 15.1. The van der Waals surface area contributed by atoms with E-state index in [0.717, 1.165) is 19.4 Å². The molecule has 2 rings (SSSR count). The highest BCUT2D eigenvalue weighted by atomic mass is 16.2. The first-order valence-corrected chi connectivity index (χ1v) is 8.28. The number of carbonyl (C=O) groups excluding carboxylic acids is 1. The minimum Gasteiger partial charge on any atom is -0.339 e. The van der Waals surface area contributed by atoms with Crippen LogP contribution in [-0.2, 0) is 4.79 Å². The third kappa shape index (κ3) is 3.50. The smallest absolute Gasteiger partial charge is 0.226 e. The summed E-state index contributed by atoms with van der Waals surface area (Å²) in [7, 11) is 0. The van der Waals surface area contributed by atoms with Gasteiger partial charge in [0.15, 0.2) is 0 Å². The Balaban J connectivity index is 2.02. The summed E-state index contributed by atoms with van der Waals surface area (Å²) in [5, 5.41) is 0. The van der Waals surface area contributed by atoms with Crippen LogP contribution in [0.5, 0.6) is 0 Å². The topological polar surface area (TPSA) is 46.3 Å². The summed E-state index contributed by atoms with van der Waals surface area (Å²) < 4.78 is 0. The van der Waals surface area contributed by atoms with Gasteiger partial charge in [-0.3, -0.25) is 4.79 Å². The molecule has 2 aliphatic rings. The second-order valence-corrected chi connectivity index (χ2v) is 6.36. The van der Waals surface area contributed by atoms with Crippen molar-refractivity contribution in [1.29, 1.82) is 0 Å². The van der Waals surface area contributed by atoms with Gasteiger partial charge < -0.3 is 10.6 Å². The molecule has 19 heavy (non-hydrogen) atoms. The first-order chi connectivity index (χ1) is 9.27. The van der Waals surface area contributed by atoms with Crippen molar-refractivity contribution in [2.45, 2.75) is 70.8 Å². The zero-order valence-corrected chi connectivity index (χ0v) is 12.4. The number of carbonyl (C=O) groups is 1. The largest absolute Gasteiger partial charge is 0.339 e. The van der Waals surface area contributed by atoms with Gasteiger partial charge in [0.1, 0.15) is 0 Å². The molecular formula is C16H30N2O. The average Bonchev–Trinajstić information content (AvgIpc) is 2.47. The highest BCUT2D eigenvalue weighted by Crippen LogP contribution is 2.33. The molecule has 3 atom stereocenters. The molecule has 0 aromatic heterocycles. The van der Waals surface area contributed by atoms with E-state index in [9.17, 15) is 4.79 Å². The molecule has 0 spiro atoms. The molecule has 1 aliphatic heterocycles. The van der Waals surface area contributed by atoms with Crippen LogP contribution in [0.3, 0.4) is 0 Å². The Morgan fingerprint density at radius 1 is 1.16 bits per heavy atom. The number of amides is 1. The van der Waals surface area contributed by atoms with Crippen LogP contribution in [-0.4, -0.2) is 29.9 Å². The quantitative estimate of drug-likeness (QED) is 0.850. The van der Waals surface area contributed by atoms with Gasteiger partial charge in [0.2, 0.25) is 5.91 Å². The Labute approximate surface area is 117 Å². The Morgan fingerprint density at radius 3 is 2.63 bits per heavy atom. The molecule has 0 radical (unpaired) electrons. The Morgan fingerprint density at radius 2 is 1.89 bits per heavy atom. The maximum atomic E-state index is 12.9. The molecule has 1 heterocycles. The summed E-state index contributed by atoms with van der Waals surface area (Å²) >= 11 is 0. The van der Waals surface area contributed by atoms with Gasteiger partial charge in [0, 0.05) is 18.5 Å². The zero-order valence-electron chi connectivity index (χ0n) is 12.4. The second-order valence-electron chi connectivity index (χ2n) is 6.36. The van der Waals surface area contributed by atoms with Gasteiger partial charge >= 0.3 is 0 Å². The van der Waals surface area contributed by atoms with E-state index in [2.05, 4.69) is 11.8 Å². The van der Waals surface area contributed by atoms with E-state index in [1.165, 1.54) is 44.9 Å². The van der Waals surface area contributed by atoms with E-state index >= 15 is 0 Å². The number of hydrogen-bond donors (Lipinski definition) is 1. The van der Waals surface area contributed by atoms with E-state index in [1.807, 2.05) is 0 Å². The Kier molecular flexibility index (Phi) is 5.68. The SMILES string of the molecule is CCCC1CCCCN1C(=O)C1CCCCC1CN. The maximum absolute atomic E-state index is 12.9. The first kappa shape index (κ1) is 14.8. The van der Waals surface area contributed by atoms with Crippen molar-refractivity contribution in [1.82, 2.24) is 4.90 Å². The van der Waals surface area contributed by atoms with Crippen LogP contribution in [0.15, 0.2) is 0 Å². The van der Waals surface area contributed by atoms with Crippen LogP contribution < -0.4 is 5.73 Å². The van der Waals surface area contributed by atoms with Crippen molar-refractivity contribution < 1.29 is 4.79 Å². The third-order valence-corrected chi connectivity index (χ3v) is 5.06. The molecule has 3 heteroatoms. The van der Waals surface area contributed by atoms with E-state index in [0.29, 0.717) is 24.4 Å². The molecule has 2 N–H and O–H groups in total. The number of hydrogen-bond acceptors (Lipinski definition) is 2. The fourth-order valence-corrected chi connectivity index (χ4v) is 3.95. The molecule has 0 aromatic carbocycles. The van der Waals surface area contributed by atoms with Gasteiger partial charge in [-0.25, -0.2) is 0 Å². The predicted molar refractivity (Wildman–Crippen MR) is 78.8 cm³/mol. The third-order valence-electron chi connectivity index (χ3n) is 5.06. The van der Waals surface area contributed by atoms with Gasteiger partial charge in [-0.15, -0.1) is 0 Å². The average molecular weight is 266 g/mol. The molecule has 0 bridgehead atoms. The van der Waals surface area contributed by atoms with Gasteiger partial charge in [0.25, 0.3) is 0 Å². The van der Waals surface area contributed by atoms with Gasteiger partial charge in [-0.2, -0.15) is 0 Å². The first-order valence-electron chi connectivity index (χ1n) is 8.28. The predicted octanol–water partition coefficient (Wildman–Crippen LogP) is 2.93. The highest BCUT2D eigenvalue weighted by Gasteiger charge is 2.36. The molecule has 1 saturated heterocycles. The number of nitrogens with two attached hydrogens (primary N) is 1. The van der Waals surface area contributed by atoms with Gasteiger partial charge in [0.05, 0.1) is 0 Å². The lowest BCUT2D eigenvalue weighted by Gasteiger charge is -2.40. The van der Waals surface area contributed by atoms with Crippen molar-refractivity contribution in [3.63, 3.8) is 0 Å². The molecule has 3 unspecified atom stereocenters. The monoisotopic (exact) mass is 266 g/mol. The van der Waals surface area contributed by atoms with Crippen molar-refractivity contribution in [3.05, 3.63) is 0 Å². The molecule has 0 aromatic rings. The van der Waals surface area contributed by atoms with Gasteiger partial charge in [-0.05, 0) is 51.0 Å². The minimum atomic E-state index is 0.219. The van der Waals surface area contributed by atoms with Crippen LogP contribution >= 0.6 is 0 Å². The van der Waals surface area contributed by atoms with Crippen LogP contribution in [0.4, 0.5) is 0 Å². The number of likely N-dealkylation sites (tertiary alicyclic amines) is 1. The fourth-order valence-electron chi connectivity index (χ4n) is 3.95. The van der Waals surface area contributed by atoms with Crippen molar-refractivity contribution >= 4 is 5.91 Å². The Bertz CT molecular complexity index is 290. The van der Waals surface area contributed by atoms with Crippen LogP contribution in [0, 0.1) is 11.8 Å². The summed E-state index contributed by atoms with van der Waals surface area (Å²) in [5.74, 6) is 1.08. The number of piperidine rings is 1. The standard InChI is InChI=1S/C16H30N2O/c1-2-7-14-9-5-6-11-18(14)16(19)15-10-4-3-8-13(15)12-17/h13-15H,2-12,17H2,1H3. The molecule has 3 nitrogen and oxygen atoms in total. The number of rotatable bonds is 4. The van der Waals surface area contributed by atoms with Crippen molar-refractivity contribution in [3.8, 4) is 0 Å². The second kappa shape index (κ2) is 7.28. The fraction of sp³-hybridized carbons (Fsp3) is 0.938. The normalized spacial score (nSPS) is 32.3. The molecule has 2 fully saturated rings. The van der Waals surface area contributed by atoms with Gasteiger partial charge in [-0.1, -0.05) is 26.2 Å². The summed E-state index contributed by atoms with van der Waals surface area (Å²) in [6.45, 7) is 3.89. The van der Waals surface area contributed by atoms with Crippen molar-refractivity contribution in [2.75, 3.05) is 13.1 Å². The van der Waals surface area contributed by atoms with Crippen LogP contribution in [0.1, 0.15) is 64.7 Å². The molecular weight excluding hydrogens is 236 g/mol. The highest BCUT2D eigenvalue weighted by molar-refractivity contribution is 5.79. The lowest BCUT2D eigenvalue weighted by atomic mass is 9.78. The maximum Gasteiger partial charge on any atom is 0.226 e. The van der Waals surface area contributed by atoms with Crippen LogP contribution in [0.25, 0.3) is 0 Å².